The highest BCUT2D eigenvalue weighted by atomic mass is 19.4. The highest BCUT2D eigenvalue weighted by Crippen LogP contribution is 2.32. The number of piperidine rings is 2. The van der Waals surface area contributed by atoms with Gasteiger partial charge >= 0.3 is 24.7 Å². The summed E-state index contributed by atoms with van der Waals surface area (Å²) in [5, 5.41) is 3.35. The first-order valence-electron chi connectivity index (χ1n) is 13.7. The summed E-state index contributed by atoms with van der Waals surface area (Å²) in [5.41, 5.74) is -0.508. The van der Waals surface area contributed by atoms with Gasteiger partial charge in [-0.05, 0) is 99.1 Å². The zero-order chi connectivity index (χ0) is 32.9. The van der Waals surface area contributed by atoms with Gasteiger partial charge in [0.1, 0.15) is 5.82 Å². The minimum atomic E-state index is -4.38. The number of alkyl halides is 6. The number of nitrogens with zero attached hydrogens (tertiary/aromatic N) is 1. The zero-order valence-corrected chi connectivity index (χ0v) is 24.1. The summed E-state index contributed by atoms with van der Waals surface area (Å²) in [6.07, 6.45) is -0.480. The average Bonchev–Trinajstić information content (AvgIpc) is 2.98. The summed E-state index contributed by atoms with van der Waals surface area (Å²) < 4.78 is 84.8. The standard InChI is InChI=1S/C14H18F3N.C7H4F4.C7H15N.2CO2/c1-2-11-7-9-18(10-8-11)13-5-3-12(4-6-13)14(15,16)17;8-6-3-1-5(2-4-6)7(9,10)11;1-2-7-3-5-8-6-4-7;2*2-1-3/h3-6,11H,2,7-10H2,1H3;1-4H;7-8H,2-6H2,1H3;;. The third-order valence-corrected chi connectivity index (χ3v) is 6.96. The Labute approximate surface area is 246 Å². The van der Waals surface area contributed by atoms with E-state index in [1.54, 1.807) is 12.1 Å². The first-order valence-corrected chi connectivity index (χ1v) is 13.7. The van der Waals surface area contributed by atoms with E-state index >= 15 is 0 Å². The lowest BCUT2D eigenvalue weighted by Crippen LogP contribution is -2.33. The summed E-state index contributed by atoms with van der Waals surface area (Å²) in [6, 6.07) is 8.46. The fourth-order valence-electron chi connectivity index (χ4n) is 4.39. The van der Waals surface area contributed by atoms with E-state index in [2.05, 4.69) is 24.1 Å². The molecule has 13 heteroatoms. The molecular weight excluding hydrogens is 585 g/mol. The first-order chi connectivity index (χ1) is 20.3. The van der Waals surface area contributed by atoms with Crippen molar-refractivity contribution in [3.8, 4) is 0 Å². The fraction of sp³-hybridized carbons (Fsp3) is 0.533. The molecule has 2 heterocycles. The number of hydrogen-bond acceptors (Lipinski definition) is 6. The number of halogens is 7. The van der Waals surface area contributed by atoms with Gasteiger partial charge in [-0.2, -0.15) is 45.5 Å². The van der Waals surface area contributed by atoms with E-state index < -0.39 is 29.3 Å². The molecule has 0 atom stereocenters. The van der Waals surface area contributed by atoms with Crippen molar-refractivity contribution in [1.82, 2.24) is 5.32 Å². The van der Waals surface area contributed by atoms with Crippen molar-refractivity contribution >= 4 is 18.0 Å². The maximum Gasteiger partial charge on any atom is 0.416 e. The zero-order valence-electron chi connectivity index (χ0n) is 24.1. The Morgan fingerprint density at radius 2 is 1.02 bits per heavy atom. The maximum absolute atomic E-state index is 12.4. The number of hydrogen-bond donors (Lipinski definition) is 1. The van der Waals surface area contributed by atoms with E-state index in [-0.39, 0.29) is 12.3 Å². The van der Waals surface area contributed by atoms with Gasteiger partial charge in [-0.3, -0.25) is 0 Å². The maximum atomic E-state index is 12.4. The predicted octanol–water partition coefficient (Wildman–Crippen LogP) is 7.41. The Morgan fingerprint density at radius 1 is 0.674 bits per heavy atom. The molecule has 6 nitrogen and oxygen atoms in total. The summed E-state index contributed by atoms with van der Waals surface area (Å²) in [5.74, 6) is 1.13. The van der Waals surface area contributed by atoms with Crippen LogP contribution in [0.25, 0.3) is 0 Å². The molecule has 0 saturated carbocycles. The minimum absolute atomic E-state index is 0.250. The topological polar surface area (TPSA) is 83.6 Å². The molecule has 4 rings (SSSR count). The average molecular weight is 623 g/mol. The van der Waals surface area contributed by atoms with Crippen molar-refractivity contribution in [3.63, 3.8) is 0 Å². The highest BCUT2D eigenvalue weighted by Gasteiger charge is 2.31. The molecule has 2 aromatic carbocycles. The summed E-state index contributed by atoms with van der Waals surface area (Å²) >= 11 is 0. The summed E-state index contributed by atoms with van der Waals surface area (Å²) in [4.78, 5) is 34.7. The largest absolute Gasteiger partial charge is 0.416 e. The lowest BCUT2D eigenvalue weighted by atomic mass is 9.94. The summed E-state index contributed by atoms with van der Waals surface area (Å²) in [6.45, 7) is 8.87. The normalized spacial score (nSPS) is 15.3. The van der Waals surface area contributed by atoms with E-state index in [1.807, 2.05) is 0 Å². The molecule has 0 radical (unpaired) electrons. The SMILES string of the molecule is CCC1CCN(c2ccc(C(F)(F)F)cc2)CC1.CCC1CCNCC1.Fc1ccc(C(F)(F)F)cc1.O=C=O.O=C=O. The molecule has 1 N–H and O–H groups in total. The number of nitrogens with one attached hydrogen (secondary N) is 1. The van der Waals surface area contributed by atoms with Crippen LogP contribution in [0.15, 0.2) is 48.5 Å². The van der Waals surface area contributed by atoms with Crippen LogP contribution in [0.5, 0.6) is 0 Å². The smallest absolute Gasteiger partial charge is 0.372 e. The highest BCUT2D eigenvalue weighted by molar-refractivity contribution is 5.48. The molecule has 0 amide bonds. The Balaban J connectivity index is 0.000000602. The monoisotopic (exact) mass is 622 g/mol. The molecule has 0 spiro atoms. The van der Waals surface area contributed by atoms with E-state index in [4.69, 9.17) is 19.2 Å². The van der Waals surface area contributed by atoms with Gasteiger partial charge < -0.3 is 10.2 Å². The lowest BCUT2D eigenvalue weighted by molar-refractivity contribution is -0.193. The van der Waals surface area contributed by atoms with Gasteiger partial charge in [0.05, 0.1) is 11.1 Å². The van der Waals surface area contributed by atoms with Crippen LogP contribution in [-0.4, -0.2) is 38.5 Å². The van der Waals surface area contributed by atoms with Crippen molar-refractivity contribution in [2.24, 2.45) is 11.8 Å². The molecule has 2 fully saturated rings. The molecule has 0 unspecified atom stereocenters. The van der Waals surface area contributed by atoms with Crippen LogP contribution in [0.1, 0.15) is 63.5 Å². The molecular formula is C30H37F7N2O4. The Bertz CT molecular complexity index is 1050. The van der Waals surface area contributed by atoms with Gasteiger partial charge in [0.2, 0.25) is 0 Å². The molecule has 2 aromatic rings. The van der Waals surface area contributed by atoms with Crippen LogP contribution in [0, 0.1) is 17.7 Å². The predicted molar refractivity (Wildman–Crippen MR) is 144 cm³/mol. The van der Waals surface area contributed by atoms with E-state index in [9.17, 15) is 30.7 Å². The van der Waals surface area contributed by atoms with E-state index in [1.165, 1.54) is 50.9 Å². The van der Waals surface area contributed by atoms with Crippen LogP contribution in [-0.2, 0) is 31.5 Å². The third-order valence-electron chi connectivity index (χ3n) is 6.96. The molecule has 0 aliphatic carbocycles. The van der Waals surface area contributed by atoms with Crippen LogP contribution >= 0.6 is 0 Å². The Hall–Kier alpha value is -3.53. The van der Waals surface area contributed by atoms with Crippen LogP contribution < -0.4 is 10.2 Å². The van der Waals surface area contributed by atoms with Crippen molar-refractivity contribution in [2.75, 3.05) is 31.1 Å². The minimum Gasteiger partial charge on any atom is -0.372 e. The summed E-state index contributed by atoms with van der Waals surface area (Å²) in [7, 11) is 0. The molecule has 2 aliphatic rings. The van der Waals surface area contributed by atoms with Crippen LogP contribution in [0.3, 0.4) is 0 Å². The van der Waals surface area contributed by atoms with Crippen molar-refractivity contribution in [2.45, 2.75) is 64.7 Å². The number of anilines is 1. The number of benzene rings is 2. The quantitative estimate of drug-likeness (QED) is 0.359. The van der Waals surface area contributed by atoms with Gasteiger partial charge in [0.15, 0.2) is 0 Å². The third kappa shape index (κ3) is 17.2. The number of carbonyl (C=O) groups excluding carboxylic acids is 4. The second-order valence-corrected chi connectivity index (χ2v) is 9.66. The van der Waals surface area contributed by atoms with Crippen LogP contribution in [0.4, 0.5) is 36.4 Å². The molecule has 43 heavy (non-hydrogen) atoms. The van der Waals surface area contributed by atoms with E-state index in [0.29, 0.717) is 12.1 Å². The second kappa shape index (κ2) is 21.2. The van der Waals surface area contributed by atoms with Crippen molar-refractivity contribution in [1.29, 1.82) is 0 Å². The molecule has 2 aliphatic heterocycles. The second-order valence-electron chi connectivity index (χ2n) is 9.66. The molecule has 0 aromatic heterocycles. The van der Waals surface area contributed by atoms with Gasteiger partial charge in [-0.15, -0.1) is 0 Å². The van der Waals surface area contributed by atoms with E-state index in [0.717, 1.165) is 55.6 Å². The number of rotatable bonds is 3. The molecule has 2 saturated heterocycles. The van der Waals surface area contributed by atoms with Gasteiger partial charge in [0.25, 0.3) is 0 Å². The lowest BCUT2D eigenvalue weighted by Gasteiger charge is -2.33. The molecule has 0 bridgehead atoms. The first kappa shape index (κ1) is 39.5. The van der Waals surface area contributed by atoms with Gasteiger partial charge in [0, 0.05) is 18.8 Å². The van der Waals surface area contributed by atoms with Crippen molar-refractivity contribution in [3.05, 3.63) is 65.5 Å². The van der Waals surface area contributed by atoms with Crippen molar-refractivity contribution < 1.29 is 49.9 Å². The fourth-order valence-corrected chi connectivity index (χ4v) is 4.39. The Morgan fingerprint density at radius 3 is 1.35 bits per heavy atom. The van der Waals surface area contributed by atoms with Gasteiger partial charge in [-0.25, -0.2) is 4.39 Å². The Kier molecular flexibility index (Phi) is 19.5. The molecule has 240 valence electrons. The van der Waals surface area contributed by atoms with Crippen LogP contribution in [0.2, 0.25) is 0 Å². The van der Waals surface area contributed by atoms with Gasteiger partial charge in [-0.1, -0.05) is 26.7 Å².